The van der Waals surface area contributed by atoms with Gasteiger partial charge in [0.1, 0.15) is 0 Å². The first-order valence-corrected chi connectivity index (χ1v) is 6.65. The summed E-state index contributed by atoms with van der Waals surface area (Å²) in [4.78, 5) is 15.9. The van der Waals surface area contributed by atoms with Gasteiger partial charge in [-0.2, -0.15) is 0 Å². The Balaban J connectivity index is 1.80. The monoisotopic (exact) mass is 247 g/mol. The third-order valence-electron chi connectivity index (χ3n) is 3.46. The quantitative estimate of drug-likeness (QED) is 0.850. The van der Waals surface area contributed by atoms with Gasteiger partial charge in [0.15, 0.2) is 0 Å². The molecule has 0 bridgehead atoms. The van der Waals surface area contributed by atoms with Crippen molar-refractivity contribution in [1.82, 2.24) is 15.6 Å². The highest BCUT2D eigenvalue weighted by Gasteiger charge is 2.18. The molecule has 1 aliphatic rings. The Morgan fingerprint density at radius 3 is 3.00 bits per heavy atom. The molecule has 1 unspecified atom stereocenters. The lowest BCUT2D eigenvalue weighted by molar-refractivity contribution is -0.122. The van der Waals surface area contributed by atoms with Crippen LogP contribution in [0.2, 0.25) is 0 Å². The van der Waals surface area contributed by atoms with Crippen LogP contribution >= 0.6 is 0 Å². The summed E-state index contributed by atoms with van der Waals surface area (Å²) in [5.41, 5.74) is 1.10. The van der Waals surface area contributed by atoms with E-state index in [1.54, 1.807) is 12.4 Å². The lowest BCUT2D eigenvalue weighted by Gasteiger charge is -2.23. The highest BCUT2D eigenvalue weighted by Crippen LogP contribution is 2.15. The van der Waals surface area contributed by atoms with E-state index in [0.717, 1.165) is 25.1 Å². The number of aromatic nitrogens is 1. The second-order valence-electron chi connectivity index (χ2n) is 4.99. The normalized spacial score (nSPS) is 21.3. The van der Waals surface area contributed by atoms with E-state index in [4.69, 9.17) is 0 Å². The highest BCUT2D eigenvalue weighted by molar-refractivity contribution is 5.76. The first kappa shape index (κ1) is 13.0. The smallest absolute Gasteiger partial charge is 0.220 e. The van der Waals surface area contributed by atoms with Crippen molar-refractivity contribution in [3.8, 4) is 0 Å². The van der Waals surface area contributed by atoms with Crippen LogP contribution in [0.1, 0.15) is 37.8 Å². The zero-order valence-corrected chi connectivity index (χ0v) is 10.9. The summed E-state index contributed by atoms with van der Waals surface area (Å²) in [7, 11) is 0. The number of nitrogens with one attached hydrogen (secondary N) is 2. The average molecular weight is 247 g/mol. The van der Waals surface area contributed by atoms with Crippen molar-refractivity contribution in [3.05, 3.63) is 30.1 Å². The van der Waals surface area contributed by atoms with Crippen LogP contribution in [0.15, 0.2) is 24.5 Å². The van der Waals surface area contributed by atoms with Gasteiger partial charge >= 0.3 is 0 Å². The van der Waals surface area contributed by atoms with Crippen molar-refractivity contribution in [2.45, 2.75) is 32.2 Å². The van der Waals surface area contributed by atoms with E-state index in [9.17, 15) is 4.79 Å². The van der Waals surface area contributed by atoms with Gasteiger partial charge in [-0.1, -0.05) is 0 Å². The fourth-order valence-electron chi connectivity index (χ4n) is 2.40. The Kier molecular flexibility index (Phi) is 4.70. The third-order valence-corrected chi connectivity index (χ3v) is 3.46. The van der Waals surface area contributed by atoms with E-state index in [1.807, 2.05) is 19.1 Å². The molecule has 4 nitrogen and oxygen atoms in total. The summed E-state index contributed by atoms with van der Waals surface area (Å²) < 4.78 is 0. The lowest BCUT2D eigenvalue weighted by Crippen LogP contribution is -2.35. The molecule has 0 aliphatic carbocycles. The summed E-state index contributed by atoms with van der Waals surface area (Å²) in [6, 6.07) is 3.93. The Morgan fingerprint density at radius 1 is 1.56 bits per heavy atom. The Bertz CT molecular complexity index is 374. The van der Waals surface area contributed by atoms with Gasteiger partial charge < -0.3 is 10.6 Å². The molecule has 2 heterocycles. The molecule has 1 aromatic heterocycles. The first-order valence-electron chi connectivity index (χ1n) is 6.65. The van der Waals surface area contributed by atoms with Crippen molar-refractivity contribution >= 4 is 5.91 Å². The van der Waals surface area contributed by atoms with Crippen LogP contribution in [-0.4, -0.2) is 24.0 Å². The van der Waals surface area contributed by atoms with Gasteiger partial charge in [0, 0.05) is 18.8 Å². The molecule has 4 heteroatoms. The van der Waals surface area contributed by atoms with Crippen molar-refractivity contribution in [2.24, 2.45) is 5.92 Å². The van der Waals surface area contributed by atoms with E-state index in [-0.39, 0.29) is 11.9 Å². The van der Waals surface area contributed by atoms with Gasteiger partial charge in [-0.15, -0.1) is 0 Å². The molecule has 0 spiro atoms. The number of pyridine rings is 1. The predicted molar refractivity (Wildman–Crippen MR) is 71.0 cm³/mol. The van der Waals surface area contributed by atoms with Crippen molar-refractivity contribution in [2.75, 3.05) is 13.1 Å². The maximum absolute atomic E-state index is 11.9. The van der Waals surface area contributed by atoms with Crippen LogP contribution in [0.3, 0.4) is 0 Å². The molecule has 2 N–H and O–H groups in total. The molecule has 98 valence electrons. The number of nitrogens with zero attached hydrogens (tertiary/aromatic N) is 1. The van der Waals surface area contributed by atoms with Gasteiger partial charge in [0.2, 0.25) is 5.91 Å². The molecule has 0 radical (unpaired) electrons. The van der Waals surface area contributed by atoms with Gasteiger partial charge in [-0.05, 0) is 56.5 Å². The lowest BCUT2D eigenvalue weighted by atomic mass is 9.95. The van der Waals surface area contributed by atoms with Crippen molar-refractivity contribution < 1.29 is 4.79 Å². The minimum atomic E-state index is 0.0528. The van der Waals surface area contributed by atoms with Gasteiger partial charge in [-0.3, -0.25) is 9.78 Å². The van der Waals surface area contributed by atoms with Gasteiger partial charge in [0.25, 0.3) is 0 Å². The standard InChI is InChI=1S/C14H21N3O/c1-11(13-4-7-15-8-5-13)17-14(18)9-12-3-2-6-16-10-12/h4-5,7-8,11-12,16H,2-3,6,9-10H2,1H3,(H,17,18)/t11-,12?/m1/s1. The number of hydrogen-bond donors (Lipinski definition) is 2. The van der Waals surface area contributed by atoms with Crippen molar-refractivity contribution in [1.29, 1.82) is 0 Å². The molecular weight excluding hydrogens is 226 g/mol. The summed E-state index contributed by atoms with van der Waals surface area (Å²) in [5.74, 6) is 0.636. The van der Waals surface area contributed by atoms with Crippen LogP contribution in [0.5, 0.6) is 0 Å². The van der Waals surface area contributed by atoms with Crippen LogP contribution in [-0.2, 0) is 4.79 Å². The molecule has 1 amide bonds. The summed E-state index contributed by atoms with van der Waals surface area (Å²) in [6.45, 7) is 4.06. The average Bonchev–Trinajstić information content (AvgIpc) is 2.40. The number of rotatable bonds is 4. The Morgan fingerprint density at radius 2 is 2.33 bits per heavy atom. The molecule has 0 saturated carbocycles. The Hall–Kier alpha value is -1.42. The maximum atomic E-state index is 11.9. The Labute approximate surface area is 108 Å². The van der Waals surface area contributed by atoms with Crippen LogP contribution in [0.4, 0.5) is 0 Å². The zero-order chi connectivity index (χ0) is 12.8. The molecule has 1 aromatic rings. The summed E-state index contributed by atoms with van der Waals surface area (Å²) in [5, 5.41) is 6.39. The minimum Gasteiger partial charge on any atom is -0.350 e. The first-order chi connectivity index (χ1) is 8.75. The van der Waals surface area contributed by atoms with E-state index in [0.29, 0.717) is 12.3 Å². The van der Waals surface area contributed by atoms with Crippen molar-refractivity contribution in [3.63, 3.8) is 0 Å². The molecule has 1 aliphatic heterocycles. The summed E-state index contributed by atoms with van der Waals surface area (Å²) in [6.07, 6.45) is 6.47. The second-order valence-corrected chi connectivity index (χ2v) is 4.99. The number of piperidine rings is 1. The predicted octanol–water partition coefficient (Wildman–Crippen LogP) is 1.65. The second kappa shape index (κ2) is 6.50. The maximum Gasteiger partial charge on any atom is 0.220 e. The SMILES string of the molecule is C[C@@H](NC(=O)CC1CCCNC1)c1ccncc1. The van der Waals surface area contributed by atoms with Crippen LogP contribution < -0.4 is 10.6 Å². The fraction of sp³-hybridized carbons (Fsp3) is 0.571. The molecular formula is C14H21N3O. The van der Waals surface area contributed by atoms with Gasteiger partial charge in [0.05, 0.1) is 6.04 Å². The van der Waals surface area contributed by atoms with E-state index in [1.165, 1.54) is 6.42 Å². The topological polar surface area (TPSA) is 54.0 Å². The molecule has 1 fully saturated rings. The van der Waals surface area contributed by atoms with Crippen LogP contribution in [0, 0.1) is 5.92 Å². The zero-order valence-electron chi connectivity index (χ0n) is 10.9. The number of carbonyl (C=O) groups excluding carboxylic acids is 1. The highest BCUT2D eigenvalue weighted by atomic mass is 16.1. The minimum absolute atomic E-state index is 0.0528. The fourth-order valence-corrected chi connectivity index (χ4v) is 2.40. The summed E-state index contributed by atoms with van der Waals surface area (Å²) >= 11 is 0. The molecule has 18 heavy (non-hydrogen) atoms. The van der Waals surface area contributed by atoms with E-state index < -0.39 is 0 Å². The molecule has 2 rings (SSSR count). The number of hydrogen-bond acceptors (Lipinski definition) is 3. The number of carbonyl (C=O) groups is 1. The van der Waals surface area contributed by atoms with Crippen LogP contribution in [0.25, 0.3) is 0 Å². The molecule has 1 saturated heterocycles. The third kappa shape index (κ3) is 3.81. The van der Waals surface area contributed by atoms with E-state index >= 15 is 0 Å². The van der Waals surface area contributed by atoms with Gasteiger partial charge in [-0.25, -0.2) is 0 Å². The largest absolute Gasteiger partial charge is 0.350 e. The van der Waals surface area contributed by atoms with E-state index in [2.05, 4.69) is 15.6 Å². The molecule has 0 aromatic carbocycles. The molecule has 2 atom stereocenters. The number of amides is 1.